The van der Waals surface area contributed by atoms with Crippen molar-refractivity contribution in [3.8, 4) is 0 Å². The monoisotopic (exact) mass is 378 g/mol. The molecule has 13 nitrogen and oxygen atoms in total. The summed E-state index contributed by atoms with van der Waals surface area (Å²) in [6.07, 6.45) is -3.27. The summed E-state index contributed by atoms with van der Waals surface area (Å²) >= 11 is 0. The minimum absolute atomic E-state index is 0.107. The quantitative estimate of drug-likeness (QED) is 0.110. The van der Waals surface area contributed by atoms with Gasteiger partial charge in [0, 0.05) is 13.0 Å². The predicted molar refractivity (Wildman–Crippen MR) is 76.6 cm³/mol. The van der Waals surface area contributed by atoms with Gasteiger partial charge in [0.25, 0.3) is 5.91 Å². The fourth-order valence-corrected chi connectivity index (χ4v) is 3.42. The van der Waals surface area contributed by atoms with E-state index < -0.39 is 51.8 Å². The Balaban J connectivity index is 5.32. The second-order valence-corrected chi connectivity index (χ2v) is 7.95. The molecule has 0 rings (SSSR count). The first-order chi connectivity index (χ1) is 10.2. The fraction of sp³-hybridized carbons (Fsp3) is 0.750. The first-order valence-corrected chi connectivity index (χ1v) is 9.67. The lowest BCUT2D eigenvalue weighted by Gasteiger charge is -2.37. The van der Waals surface area contributed by atoms with Crippen molar-refractivity contribution in [2.75, 3.05) is 19.1 Å². The highest BCUT2D eigenvalue weighted by Gasteiger charge is 2.45. The van der Waals surface area contributed by atoms with Crippen LogP contribution in [0.25, 0.3) is 0 Å². The van der Waals surface area contributed by atoms with Crippen molar-refractivity contribution < 1.29 is 43.4 Å². The molecule has 0 unspecified atom stereocenters. The molecule has 0 saturated heterocycles. The molecule has 3 amide bonds. The molecule has 0 fully saturated rings. The molecule has 0 aliphatic carbocycles. The van der Waals surface area contributed by atoms with E-state index in [-0.39, 0.29) is 17.9 Å². The average molecular weight is 378 g/mol. The lowest BCUT2D eigenvalue weighted by molar-refractivity contribution is -0.158. The van der Waals surface area contributed by atoms with Crippen LogP contribution in [0, 0.1) is 0 Å². The van der Waals surface area contributed by atoms with E-state index in [0.717, 1.165) is 0 Å². The number of nitrogens with two attached hydrogens (primary N) is 2. The lowest BCUT2D eigenvalue weighted by Crippen LogP contribution is -2.58. The number of rotatable bonds is 10. The first kappa shape index (κ1) is 22.0. The minimum atomic E-state index is -4.87. The number of aliphatic hydroxyl groups is 1. The highest BCUT2D eigenvalue weighted by molar-refractivity contribution is 7.52. The van der Waals surface area contributed by atoms with E-state index in [1.165, 1.54) is 0 Å². The van der Waals surface area contributed by atoms with Crippen LogP contribution in [0.2, 0.25) is 0 Å². The third kappa shape index (κ3) is 8.98. The van der Waals surface area contributed by atoms with Gasteiger partial charge < -0.3 is 41.5 Å². The maximum absolute atomic E-state index is 11.5. The van der Waals surface area contributed by atoms with Crippen molar-refractivity contribution in [3.63, 3.8) is 0 Å². The Morgan fingerprint density at radius 2 is 1.48 bits per heavy atom. The Morgan fingerprint density at radius 3 is 1.78 bits per heavy atom. The van der Waals surface area contributed by atoms with Gasteiger partial charge in [-0.15, -0.1) is 0 Å². The highest BCUT2D eigenvalue weighted by atomic mass is 31.2. The Bertz CT molecular complexity index is 508. The lowest BCUT2D eigenvalue weighted by atomic mass is 10.1. The molecule has 1 atom stereocenters. The van der Waals surface area contributed by atoms with E-state index in [1.807, 2.05) is 0 Å². The predicted octanol–water partition coefficient (Wildman–Crippen LogP) is -2.82. The SMILES string of the molecule is NC(=O)NCCC[C@@](O)(C(N)=O)N(CP(=O)(O)O)CP(=O)(O)O. The van der Waals surface area contributed by atoms with Crippen molar-refractivity contribution in [1.29, 1.82) is 0 Å². The summed E-state index contributed by atoms with van der Waals surface area (Å²) in [4.78, 5) is 58.0. The van der Waals surface area contributed by atoms with Gasteiger partial charge in [-0.2, -0.15) is 0 Å². The Labute approximate surface area is 131 Å². The molecule has 0 aromatic rings. The van der Waals surface area contributed by atoms with Crippen LogP contribution in [0.3, 0.4) is 0 Å². The van der Waals surface area contributed by atoms with Crippen LogP contribution < -0.4 is 16.8 Å². The van der Waals surface area contributed by atoms with Crippen LogP contribution >= 0.6 is 15.2 Å². The molecule has 0 spiro atoms. The third-order valence-electron chi connectivity index (χ3n) is 2.63. The van der Waals surface area contributed by atoms with E-state index >= 15 is 0 Å². The normalized spacial score (nSPS) is 15.2. The van der Waals surface area contributed by atoms with Crippen LogP contribution in [0.5, 0.6) is 0 Å². The van der Waals surface area contributed by atoms with Crippen molar-refractivity contribution in [2.24, 2.45) is 11.5 Å². The second kappa shape index (κ2) is 8.18. The number of primary amides is 2. The number of nitrogens with zero attached hydrogens (tertiary/aromatic N) is 1. The Hall–Kier alpha value is -1.04. The average Bonchev–Trinajstić information content (AvgIpc) is 2.29. The van der Waals surface area contributed by atoms with Gasteiger partial charge in [0.15, 0.2) is 5.72 Å². The summed E-state index contributed by atoms with van der Waals surface area (Å²) in [5, 5.41) is 12.4. The molecule has 23 heavy (non-hydrogen) atoms. The summed E-state index contributed by atoms with van der Waals surface area (Å²) < 4.78 is 22.2. The number of hydrogen-bond donors (Lipinski definition) is 8. The summed E-state index contributed by atoms with van der Waals surface area (Å²) in [7, 11) is -9.75. The summed E-state index contributed by atoms with van der Waals surface area (Å²) in [5.74, 6) is -1.46. The maximum Gasteiger partial charge on any atom is 0.339 e. The second-order valence-electron chi connectivity index (χ2n) is 4.73. The van der Waals surface area contributed by atoms with Gasteiger partial charge in [0.05, 0.1) is 0 Å². The molecule has 0 aromatic carbocycles. The van der Waals surface area contributed by atoms with Crippen LogP contribution in [0.15, 0.2) is 0 Å². The van der Waals surface area contributed by atoms with Crippen molar-refractivity contribution in [3.05, 3.63) is 0 Å². The van der Waals surface area contributed by atoms with Crippen LogP contribution in [-0.4, -0.2) is 66.4 Å². The minimum Gasteiger partial charge on any atom is -0.367 e. The highest BCUT2D eigenvalue weighted by Crippen LogP contribution is 2.43. The van der Waals surface area contributed by atoms with Gasteiger partial charge in [-0.1, -0.05) is 0 Å². The molecule has 0 saturated carbocycles. The number of carbonyl (C=O) groups excluding carboxylic acids is 2. The smallest absolute Gasteiger partial charge is 0.339 e. The van der Waals surface area contributed by atoms with Crippen molar-refractivity contribution in [1.82, 2.24) is 10.2 Å². The molecule has 0 aliphatic rings. The first-order valence-electron chi connectivity index (χ1n) is 6.07. The van der Waals surface area contributed by atoms with E-state index in [2.05, 4.69) is 5.32 Å². The van der Waals surface area contributed by atoms with Crippen LogP contribution in [-0.2, 0) is 13.9 Å². The summed E-state index contributed by atoms with van der Waals surface area (Å²) in [6.45, 7) is -0.107. The van der Waals surface area contributed by atoms with Crippen LogP contribution in [0.4, 0.5) is 4.79 Å². The largest absolute Gasteiger partial charge is 0.367 e. The molecule has 136 valence electrons. The van der Waals surface area contributed by atoms with Gasteiger partial charge in [-0.3, -0.25) is 13.9 Å². The molecule has 0 heterocycles. The number of nitrogens with one attached hydrogen (secondary N) is 1. The Kier molecular flexibility index (Phi) is 7.81. The number of hydrogen-bond acceptors (Lipinski definition) is 6. The Morgan fingerprint density at radius 1 is 1.04 bits per heavy atom. The van der Waals surface area contributed by atoms with Gasteiger partial charge in [-0.05, 0) is 6.42 Å². The van der Waals surface area contributed by atoms with E-state index in [0.29, 0.717) is 0 Å². The zero-order valence-corrected chi connectivity index (χ0v) is 13.7. The summed E-state index contributed by atoms with van der Waals surface area (Å²) in [6, 6.07) is -0.880. The van der Waals surface area contributed by atoms with E-state index in [1.54, 1.807) is 0 Å². The molecule has 0 aliphatic heterocycles. The zero-order chi connectivity index (χ0) is 18.5. The van der Waals surface area contributed by atoms with Crippen LogP contribution in [0.1, 0.15) is 12.8 Å². The standard InChI is InChI=1S/C8H20N4O9P2/c9-6(13)8(15,2-1-3-11-7(10)14)12(4-22(16,17)18)5-23(19,20)21/h15H,1-5H2,(H2,9,13)(H3,10,11,14)(H2,16,17,18)(H2,19,20,21)/t8-/m1/s1. The van der Waals surface area contributed by atoms with E-state index in [9.17, 15) is 23.8 Å². The third-order valence-corrected chi connectivity index (χ3v) is 4.05. The van der Waals surface area contributed by atoms with E-state index in [4.69, 9.17) is 31.0 Å². The van der Waals surface area contributed by atoms with Crippen molar-refractivity contribution in [2.45, 2.75) is 18.6 Å². The van der Waals surface area contributed by atoms with Gasteiger partial charge in [-0.25, -0.2) is 9.69 Å². The van der Waals surface area contributed by atoms with Crippen molar-refractivity contribution >= 4 is 27.1 Å². The molecule has 0 bridgehead atoms. The number of urea groups is 1. The molecule has 0 radical (unpaired) electrons. The molecular weight excluding hydrogens is 358 g/mol. The maximum atomic E-state index is 11.5. The summed E-state index contributed by atoms with van der Waals surface area (Å²) in [5.41, 5.74) is 7.08. The number of amides is 3. The van der Waals surface area contributed by atoms with Gasteiger partial charge >= 0.3 is 21.2 Å². The number of carbonyl (C=O) groups is 2. The fourth-order valence-electron chi connectivity index (χ4n) is 1.71. The van der Waals surface area contributed by atoms with Gasteiger partial charge in [0.2, 0.25) is 0 Å². The molecule has 15 heteroatoms. The molecule has 0 aromatic heterocycles. The topological polar surface area (TPSA) is 237 Å². The molecule has 10 N–H and O–H groups in total. The van der Waals surface area contributed by atoms with Gasteiger partial charge in [0.1, 0.15) is 12.6 Å². The zero-order valence-electron chi connectivity index (χ0n) is 11.9. The molecular formula is C8H20N4O9P2.